The lowest BCUT2D eigenvalue weighted by molar-refractivity contribution is 0.100. The maximum Gasteiger partial charge on any atom is 0.250 e. The van der Waals surface area contributed by atoms with E-state index in [1.54, 1.807) is 6.07 Å². The second-order valence-electron chi connectivity index (χ2n) is 4.38. The third-order valence-corrected chi connectivity index (χ3v) is 3.83. The summed E-state index contributed by atoms with van der Waals surface area (Å²) in [5.74, 6) is 0.865. The van der Waals surface area contributed by atoms with Crippen molar-refractivity contribution >= 4 is 23.4 Å². The molecule has 2 aromatic rings. The molecule has 0 unspecified atom stereocenters. The van der Waals surface area contributed by atoms with Crippen LogP contribution in [0.1, 0.15) is 10.4 Å². The molecular formula is C14H13N3O3S. The van der Waals surface area contributed by atoms with Gasteiger partial charge < -0.3 is 20.9 Å². The number of carbonyl (C=O) groups is 1. The number of ether oxygens (including phenoxy) is 2. The number of anilines is 1. The molecule has 2 heterocycles. The fourth-order valence-corrected chi connectivity index (χ4v) is 2.75. The fraction of sp³-hybridized carbons (Fsp3) is 0.143. The van der Waals surface area contributed by atoms with Crippen molar-refractivity contribution in [1.29, 1.82) is 0 Å². The van der Waals surface area contributed by atoms with Crippen molar-refractivity contribution in [2.45, 2.75) is 9.92 Å². The molecule has 0 saturated carbocycles. The Labute approximate surface area is 125 Å². The molecule has 1 aliphatic rings. The van der Waals surface area contributed by atoms with Crippen LogP contribution in [0.4, 0.5) is 5.69 Å². The van der Waals surface area contributed by atoms with Gasteiger partial charge in [0.1, 0.15) is 18.2 Å². The number of aromatic nitrogens is 1. The lowest BCUT2D eigenvalue weighted by Gasteiger charge is -2.18. The Morgan fingerprint density at radius 3 is 2.71 bits per heavy atom. The summed E-state index contributed by atoms with van der Waals surface area (Å²) in [5, 5.41) is 0.634. The summed E-state index contributed by atoms with van der Waals surface area (Å²) in [4.78, 5) is 16.4. The summed E-state index contributed by atoms with van der Waals surface area (Å²) >= 11 is 1.39. The zero-order valence-electron chi connectivity index (χ0n) is 11.0. The summed E-state index contributed by atoms with van der Waals surface area (Å²) in [7, 11) is 0. The highest BCUT2D eigenvalue weighted by Gasteiger charge is 2.13. The van der Waals surface area contributed by atoms with E-state index in [9.17, 15) is 4.79 Å². The average molecular weight is 303 g/mol. The zero-order chi connectivity index (χ0) is 14.8. The minimum atomic E-state index is -0.570. The van der Waals surface area contributed by atoms with Crippen molar-refractivity contribution < 1.29 is 14.3 Å². The lowest BCUT2D eigenvalue weighted by Crippen LogP contribution is -2.15. The normalized spacial score (nSPS) is 13.0. The van der Waals surface area contributed by atoms with Gasteiger partial charge in [-0.3, -0.25) is 4.79 Å². The SMILES string of the molecule is NC(=O)c1cc(Sc2ccc3c(c2)OCCO3)ncc1N. The summed E-state index contributed by atoms with van der Waals surface area (Å²) in [5.41, 5.74) is 11.5. The fourth-order valence-electron chi connectivity index (χ4n) is 1.92. The van der Waals surface area contributed by atoms with E-state index in [4.69, 9.17) is 20.9 Å². The Morgan fingerprint density at radius 2 is 1.95 bits per heavy atom. The van der Waals surface area contributed by atoms with Crippen LogP contribution in [0.3, 0.4) is 0 Å². The number of nitrogens with zero attached hydrogens (tertiary/aromatic N) is 1. The average Bonchev–Trinajstić information content (AvgIpc) is 2.49. The molecule has 0 bridgehead atoms. The number of hydrogen-bond acceptors (Lipinski definition) is 6. The quantitative estimate of drug-likeness (QED) is 0.895. The van der Waals surface area contributed by atoms with Crippen molar-refractivity contribution in [2.24, 2.45) is 5.73 Å². The molecule has 3 rings (SSSR count). The van der Waals surface area contributed by atoms with Crippen molar-refractivity contribution in [1.82, 2.24) is 4.98 Å². The minimum Gasteiger partial charge on any atom is -0.486 e. The molecule has 4 N–H and O–H groups in total. The molecule has 0 saturated heterocycles. The van der Waals surface area contributed by atoms with Crippen LogP contribution in [0.5, 0.6) is 11.5 Å². The van der Waals surface area contributed by atoms with Crippen molar-refractivity contribution in [3.05, 3.63) is 36.0 Å². The number of primary amides is 1. The van der Waals surface area contributed by atoms with E-state index in [-0.39, 0.29) is 11.3 Å². The number of carbonyl (C=O) groups excluding carboxylic acids is 1. The van der Waals surface area contributed by atoms with E-state index in [2.05, 4.69) is 4.98 Å². The first-order chi connectivity index (χ1) is 10.1. The number of benzene rings is 1. The first kappa shape index (κ1) is 13.6. The molecule has 1 aromatic carbocycles. The third-order valence-electron chi connectivity index (χ3n) is 2.91. The first-order valence-corrected chi connectivity index (χ1v) is 7.08. The largest absolute Gasteiger partial charge is 0.486 e. The first-order valence-electron chi connectivity index (χ1n) is 6.26. The van der Waals surface area contributed by atoms with Crippen LogP contribution >= 0.6 is 11.8 Å². The van der Waals surface area contributed by atoms with Crippen LogP contribution in [0, 0.1) is 0 Å². The number of pyridine rings is 1. The van der Waals surface area contributed by atoms with Crippen LogP contribution < -0.4 is 20.9 Å². The Balaban J connectivity index is 1.86. The molecular weight excluding hydrogens is 290 g/mol. The summed E-state index contributed by atoms with van der Waals surface area (Å²) in [6.45, 7) is 1.09. The van der Waals surface area contributed by atoms with Gasteiger partial charge in [0, 0.05) is 4.90 Å². The smallest absolute Gasteiger partial charge is 0.250 e. The van der Waals surface area contributed by atoms with Gasteiger partial charge in [0.2, 0.25) is 0 Å². The van der Waals surface area contributed by atoms with E-state index in [0.717, 1.165) is 10.6 Å². The predicted molar refractivity (Wildman–Crippen MR) is 78.7 cm³/mol. The van der Waals surface area contributed by atoms with Crippen LogP contribution in [-0.4, -0.2) is 24.1 Å². The maximum atomic E-state index is 11.3. The molecule has 0 atom stereocenters. The highest BCUT2D eigenvalue weighted by Crippen LogP contribution is 2.36. The summed E-state index contributed by atoms with van der Waals surface area (Å²) < 4.78 is 11.0. The van der Waals surface area contributed by atoms with Gasteiger partial charge in [0.05, 0.1) is 17.4 Å². The number of fused-ring (bicyclic) bond motifs is 1. The minimum absolute atomic E-state index is 0.269. The van der Waals surface area contributed by atoms with Crippen LogP contribution in [0.2, 0.25) is 0 Å². The second-order valence-corrected chi connectivity index (χ2v) is 5.48. The molecule has 0 radical (unpaired) electrons. The van der Waals surface area contributed by atoms with E-state index in [0.29, 0.717) is 24.0 Å². The Morgan fingerprint density at radius 1 is 1.19 bits per heavy atom. The number of nitrogen functional groups attached to an aromatic ring is 1. The van der Waals surface area contributed by atoms with Gasteiger partial charge in [-0.2, -0.15) is 0 Å². The van der Waals surface area contributed by atoms with Crippen LogP contribution in [0.15, 0.2) is 40.4 Å². The van der Waals surface area contributed by atoms with Gasteiger partial charge in [-0.05, 0) is 24.3 Å². The molecule has 0 fully saturated rings. The predicted octanol–water partition coefficient (Wildman–Crippen LogP) is 1.69. The standard InChI is InChI=1S/C14H13N3O3S/c15-10-7-17-13(6-9(10)14(16)18)21-8-1-2-11-12(5-8)20-4-3-19-11/h1-2,5-7H,3-4,15H2,(H2,16,18). The molecule has 1 amide bonds. The Bertz CT molecular complexity index is 706. The molecule has 6 nitrogen and oxygen atoms in total. The highest BCUT2D eigenvalue weighted by molar-refractivity contribution is 7.99. The molecule has 0 aliphatic carbocycles. The van der Waals surface area contributed by atoms with Gasteiger partial charge in [0.15, 0.2) is 11.5 Å². The van der Waals surface area contributed by atoms with E-state index >= 15 is 0 Å². The van der Waals surface area contributed by atoms with E-state index in [1.807, 2.05) is 18.2 Å². The summed E-state index contributed by atoms with van der Waals surface area (Å²) in [6, 6.07) is 7.21. The third kappa shape index (κ3) is 2.87. The van der Waals surface area contributed by atoms with Gasteiger partial charge in [-0.15, -0.1) is 0 Å². The summed E-state index contributed by atoms with van der Waals surface area (Å²) in [6.07, 6.45) is 1.43. The molecule has 1 aliphatic heterocycles. The van der Waals surface area contributed by atoms with Crippen molar-refractivity contribution in [3.8, 4) is 11.5 Å². The molecule has 21 heavy (non-hydrogen) atoms. The lowest BCUT2D eigenvalue weighted by atomic mass is 10.2. The van der Waals surface area contributed by atoms with Crippen LogP contribution in [0.25, 0.3) is 0 Å². The molecule has 108 valence electrons. The number of rotatable bonds is 3. The topological polar surface area (TPSA) is 100 Å². The number of hydrogen-bond donors (Lipinski definition) is 2. The molecule has 7 heteroatoms. The van der Waals surface area contributed by atoms with Gasteiger partial charge in [-0.25, -0.2) is 4.98 Å². The second kappa shape index (κ2) is 5.53. The van der Waals surface area contributed by atoms with Gasteiger partial charge in [0.25, 0.3) is 5.91 Å². The van der Waals surface area contributed by atoms with E-state index < -0.39 is 5.91 Å². The Kier molecular flexibility index (Phi) is 3.57. The van der Waals surface area contributed by atoms with E-state index in [1.165, 1.54) is 18.0 Å². The number of amides is 1. The maximum absolute atomic E-state index is 11.3. The monoisotopic (exact) mass is 303 g/mol. The molecule has 1 aromatic heterocycles. The Hall–Kier alpha value is -2.41. The van der Waals surface area contributed by atoms with Crippen molar-refractivity contribution in [2.75, 3.05) is 18.9 Å². The van der Waals surface area contributed by atoms with Crippen LogP contribution in [-0.2, 0) is 0 Å². The number of nitrogens with two attached hydrogens (primary N) is 2. The molecule has 0 spiro atoms. The van der Waals surface area contributed by atoms with Gasteiger partial charge >= 0.3 is 0 Å². The highest BCUT2D eigenvalue weighted by atomic mass is 32.2. The van der Waals surface area contributed by atoms with Crippen molar-refractivity contribution in [3.63, 3.8) is 0 Å². The zero-order valence-corrected chi connectivity index (χ0v) is 11.9. The van der Waals surface area contributed by atoms with Gasteiger partial charge in [-0.1, -0.05) is 11.8 Å².